The first kappa shape index (κ1) is 20.5. The van der Waals surface area contributed by atoms with Crippen LogP contribution >= 0.6 is 0 Å². The Morgan fingerprint density at radius 2 is 1.87 bits per heavy atom. The van der Waals surface area contributed by atoms with E-state index in [2.05, 4.69) is 22.5 Å². The number of hydrogen-bond acceptors (Lipinski definition) is 4. The summed E-state index contributed by atoms with van der Waals surface area (Å²) < 4.78 is 0. The van der Waals surface area contributed by atoms with E-state index >= 15 is 0 Å². The van der Waals surface area contributed by atoms with Crippen LogP contribution in [-0.4, -0.2) is 51.9 Å². The molecule has 3 saturated carbocycles. The summed E-state index contributed by atoms with van der Waals surface area (Å²) >= 11 is 0. The number of hydrogen-bond donors (Lipinski definition) is 2. The highest BCUT2D eigenvalue weighted by molar-refractivity contribution is 6.07. The lowest BCUT2D eigenvalue weighted by molar-refractivity contribution is -0.135. The average Bonchev–Trinajstić information content (AvgIpc) is 3.67. The van der Waals surface area contributed by atoms with Gasteiger partial charge in [0.15, 0.2) is 0 Å². The highest BCUT2D eigenvalue weighted by atomic mass is 16.2. The summed E-state index contributed by atoms with van der Waals surface area (Å²) in [5, 5.41) is 6.06. The molecule has 1 aromatic carbocycles. The molecule has 1 aromatic rings. The quantitative estimate of drug-likeness (QED) is 0.660. The third kappa shape index (κ3) is 4.07. The van der Waals surface area contributed by atoms with Gasteiger partial charge in [0.25, 0.3) is 11.8 Å². The van der Waals surface area contributed by atoms with Gasteiger partial charge in [-0.25, -0.2) is 9.69 Å². The van der Waals surface area contributed by atoms with Crippen LogP contribution in [0.25, 0.3) is 0 Å². The van der Waals surface area contributed by atoms with E-state index in [4.69, 9.17) is 0 Å². The minimum absolute atomic E-state index is 0.0145. The lowest BCUT2D eigenvalue weighted by Crippen LogP contribution is -2.54. The summed E-state index contributed by atoms with van der Waals surface area (Å²) in [5.41, 5.74) is 1.06. The molecular weight excluding hydrogens is 392 g/mol. The second kappa shape index (κ2) is 7.93. The molecule has 7 nitrogen and oxygen atoms in total. The molecule has 31 heavy (non-hydrogen) atoms. The predicted octanol–water partition coefficient (Wildman–Crippen LogP) is 3.00. The van der Waals surface area contributed by atoms with Gasteiger partial charge in [-0.15, -0.1) is 0 Å². The van der Waals surface area contributed by atoms with Gasteiger partial charge < -0.3 is 10.6 Å². The summed E-state index contributed by atoms with van der Waals surface area (Å²) in [7, 11) is 0. The van der Waals surface area contributed by atoms with Gasteiger partial charge in [-0.3, -0.25) is 14.5 Å². The first-order valence-electron chi connectivity index (χ1n) is 11.7. The highest BCUT2D eigenvalue weighted by Gasteiger charge is 2.55. The highest BCUT2D eigenvalue weighted by Crippen LogP contribution is 2.39. The van der Waals surface area contributed by atoms with Crippen molar-refractivity contribution in [1.82, 2.24) is 20.4 Å². The maximum absolute atomic E-state index is 13.3. The fourth-order valence-electron chi connectivity index (χ4n) is 5.03. The van der Waals surface area contributed by atoms with Gasteiger partial charge in [-0.05, 0) is 62.1 Å². The number of carbonyl (C=O) groups is 3. The summed E-state index contributed by atoms with van der Waals surface area (Å²) in [6, 6.07) is 8.18. The Morgan fingerprint density at radius 1 is 1.13 bits per heavy atom. The van der Waals surface area contributed by atoms with Crippen LogP contribution < -0.4 is 10.6 Å². The van der Waals surface area contributed by atoms with E-state index < -0.39 is 5.54 Å². The number of carbonyl (C=O) groups excluding carboxylic acids is 3. The Bertz CT molecular complexity index is 877. The van der Waals surface area contributed by atoms with Gasteiger partial charge in [-0.2, -0.15) is 0 Å². The molecule has 2 N–H and O–H groups in total. The molecule has 1 heterocycles. The molecule has 0 radical (unpaired) electrons. The van der Waals surface area contributed by atoms with Gasteiger partial charge in [0.05, 0.1) is 6.67 Å². The summed E-state index contributed by atoms with van der Waals surface area (Å²) in [6.45, 7) is 3.07. The molecule has 4 fully saturated rings. The van der Waals surface area contributed by atoms with Crippen LogP contribution in [0.15, 0.2) is 24.3 Å². The van der Waals surface area contributed by atoms with Crippen LogP contribution in [0.3, 0.4) is 0 Å². The zero-order chi connectivity index (χ0) is 21.6. The van der Waals surface area contributed by atoms with Crippen molar-refractivity contribution in [3.63, 3.8) is 0 Å². The number of urea groups is 1. The van der Waals surface area contributed by atoms with Crippen LogP contribution in [0.5, 0.6) is 0 Å². The molecule has 0 aromatic heterocycles. The second-order valence-corrected chi connectivity index (χ2v) is 9.85. The lowest BCUT2D eigenvalue weighted by Gasteiger charge is -2.37. The van der Waals surface area contributed by atoms with Crippen molar-refractivity contribution in [2.75, 3.05) is 6.67 Å². The molecule has 1 saturated heterocycles. The smallest absolute Gasteiger partial charge is 0.326 e. The van der Waals surface area contributed by atoms with Crippen molar-refractivity contribution in [3.05, 3.63) is 35.4 Å². The molecule has 0 bridgehead atoms. The maximum Gasteiger partial charge on any atom is 0.326 e. The third-order valence-corrected chi connectivity index (χ3v) is 7.40. The first-order chi connectivity index (χ1) is 15.0. The fraction of sp³-hybridized carbons (Fsp3) is 0.625. The summed E-state index contributed by atoms with van der Waals surface area (Å²) in [6.07, 6.45) is 8.15. The van der Waals surface area contributed by atoms with E-state index in [1.54, 1.807) is 0 Å². The van der Waals surface area contributed by atoms with Crippen molar-refractivity contribution in [3.8, 4) is 0 Å². The zero-order valence-electron chi connectivity index (χ0n) is 18.2. The van der Waals surface area contributed by atoms with Crippen molar-refractivity contribution < 1.29 is 14.4 Å². The largest absolute Gasteiger partial charge is 0.349 e. The molecule has 5 rings (SSSR count). The molecule has 4 amide bonds. The van der Waals surface area contributed by atoms with E-state index in [0.29, 0.717) is 30.9 Å². The molecule has 7 heteroatoms. The van der Waals surface area contributed by atoms with Crippen LogP contribution in [0.4, 0.5) is 4.79 Å². The SMILES string of the molecule is C[C@H]1CCCC[C@@]12NC(=O)N(CN(Cc1ccc(C(=O)NC3CC3)cc1)C1CC1)C2=O. The monoisotopic (exact) mass is 424 g/mol. The third-order valence-electron chi connectivity index (χ3n) is 7.40. The number of nitrogens with one attached hydrogen (secondary N) is 2. The van der Waals surface area contributed by atoms with Crippen molar-refractivity contribution in [2.45, 2.75) is 82.5 Å². The normalized spacial score (nSPS) is 28.3. The first-order valence-corrected chi connectivity index (χ1v) is 11.7. The van der Waals surface area contributed by atoms with Gasteiger partial charge in [0.1, 0.15) is 5.54 Å². The lowest BCUT2D eigenvalue weighted by atomic mass is 9.73. The minimum atomic E-state index is -0.707. The van der Waals surface area contributed by atoms with Crippen molar-refractivity contribution >= 4 is 17.8 Å². The topological polar surface area (TPSA) is 81.8 Å². The Kier molecular flexibility index (Phi) is 5.24. The van der Waals surface area contributed by atoms with Crippen LogP contribution in [-0.2, 0) is 11.3 Å². The second-order valence-electron chi connectivity index (χ2n) is 9.85. The molecule has 2 atom stereocenters. The van der Waals surface area contributed by atoms with Crippen molar-refractivity contribution in [1.29, 1.82) is 0 Å². The van der Waals surface area contributed by atoms with E-state index in [0.717, 1.165) is 56.9 Å². The van der Waals surface area contributed by atoms with Crippen LogP contribution in [0, 0.1) is 5.92 Å². The molecule has 1 aliphatic heterocycles. The Hall–Kier alpha value is -2.41. The average molecular weight is 425 g/mol. The molecular formula is C24H32N4O3. The van der Waals surface area contributed by atoms with Gasteiger partial charge in [-0.1, -0.05) is 31.9 Å². The maximum atomic E-state index is 13.3. The molecule has 1 spiro atoms. The van der Waals surface area contributed by atoms with Gasteiger partial charge >= 0.3 is 6.03 Å². The Labute approximate surface area is 183 Å². The van der Waals surface area contributed by atoms with Crippen molar-refractivity contribution in [2.24, 2.45) is 5.92 Å². The number of benzene rings is 1. The summed E-state index contributed by atoms with van der Waals surface area (Å²) in [4.78, 5) is 42.0. The van der Waals surface area contributed by atoms with Gasteiger partial charge in [0.2, 0.25) is 0 Å². The van der Waals surface area contributed by atoms with Crippen LogP contribution in [0.1, 0.15) is 74.2 Å². The Morgan fingerprint density at radius 3 is 2.52 bits per heavy atom. The number of imide groups is 1. The number of rotatable bonds is 7. The minimum Gasteiger partial charge on any atom is -0.349 e. The van der Waals surface area contributed by atoms with E-state index in [1.165, 1.54) is 4.90 Å². The molecule has 4 aliphatic rings. The molecule has 0 unspecified atom stereocenters. The molecule has 166 valence electrons. The fourth-order valence-corrected chi connectivity index (χ4v) is 5.03. The summed E-state index contributed by atoms with van der Waals surface area (Å²) in [5.74, 6) is 0.105. The van der Waals surface area contributed by atoms with Gasteiger partial charge in [0, 0.05) is 24.2 Å². The number of amides is 4. The standard InChI is InChI=1S/C24H32N4O3/c1-16-4-2-3-13-24(16)22(30)28(23(31)26-24)15-27(20-11-12-20)14-17-5-7-18(8-6-17)21(29)25-19-9-10-19/h5-8,16,19-20H,2-4,9-15H2,1H3,(H,25,29)(H,26,31)/t16-,24+/m0/s1. The predicted molar refractivity (Wildman–Crippen MR) is 116 cm³/mol. The van der Waals surface area contributed by atoms with E-state index in [1.807, 2.05) is 24.3 Å². The van der Waals surface area contributed by atoms with Crippen LogP contribution in [0.2, 0.25) is 0 Å². The Balaban J connectivity index is 1.26. The van der Waals surface area contributed by atoms with E-state index in [-0.39, 0.29) is 23.8 Å². The zero-order valence-corrected chi connectivity index (χ0v) is 18.2. The molecule has 3 aliphatic carbocycles. The van der Waals surface area contributed by atoms with E-state index in [9.17, 15) is 14.4 Å². The number of nitrogens with zero attached hydrogens (tertiary/aromatic N) is 2.